The number of amides is 2. The van der Waals surface area contributed by atoms with Gasteiger partial charge in [-0.25, -0.2) is 4.79 Å². The average molecular weight is 340 g/mol. The normalized spacial score (nSPS) is 11.8. The summed E-state index contributed by atoms with van der Waals surface area (Å²) in [4.78, 5) is 14.4. The minimum absolute atomic E-state index is 0.0377. The highest BCUT2D eigenvalue weighted by molar-refractivity contribution is 5.74. The van der Waals surface area contributed by atoms with Gasteiger partial charge in [0.2, 0.25) is 0 Å². The van der Waals surface area contributed by atoms with Gasteiger partial charge in [0.05, 0.1) is 0 Å². The molecule has 0 aromatic heterocycles. The van der Waals surface area contributed by atoms with Crippen molar-refractivity contribution in [2.24, 2.45) is 5.92 Å². The molecule has 0 aliphatic rings. The number of urea groups is 1. The number of rotatable bonds is 7. The molecule has 0 radical (unpaired) electrons. The minimum Gasteiger partial charge on any atom is -0.396 e. The summed E-state index contributed by atoms with van der Waals surface area (Å²) >= 11 is 0. The highest BCUT2D eigenvalue weighted by Crippen LogP contribution is 2.11. The lowest BCUT2D eigenvalue weighted by Crippen LogP contribution is -2.42. The van der Waals surface area contributed by atoms with Crippen LogP contribution >= 0.6 is 0 Å². The molecule has 2 rings (SSSR count). The van der Waals surface area contributed by atoms with Crippen molar-refractivity contribution in [3.05, 3.63) is 70.8 Å². The first kappa shape index (κ1) is 19.0. The van der Waals surface area contributed by atoms with Gasteiger partial charge >= 0.3 is 6.03 Å². The lowest BCUT2D eigenvalue weighted by Gasteiger charge is -2.26. The molecule has 0 fully saturated rings. The first-order chi connectivity index (χ1) is 12.0. The Kier molecular flexibility index (Phi) is 7.02. The lowest BCUT2D eigenvalue weighted by atomic mass is 10.1. The number of hydrogen-bond acceptors (Lipinski definition) is 2. The average Bonchev–Trinajstić information content (AvgIpc) is 2.59. The number of hydrogen-bond donors (Lipinski definition) is 2. The van der Waals surface area contributed by atoms with Crippen molar-refractivity contribution < 1.29 is 9.90 Å². The van der Waals surface area contributed by atoms with E-state index in [-0.39, 0.29) is 18.6 Å². The summed E-state index contributed by atoms with van der Waals surface area (Å²) in [7, 11) is 0. The van der Waals surface area contributed by atoms with Crippen LogP contribution in [0.5, 0.6) is 0 Å². The molecule has 0 spiro atoms. The predicted molar refractivity (Wildman–Crippen MR) is 101 cm³/mol. The largest absolute Gasteiger partial charge is 0.396 e. The quantitative estimate of drug-likeness (QED) is 0.808. The van der Waals surface area contributed by atoms with Crippen molar-refractivity contribution >= 4 is 6.03 Å². The molecule has 25 heavy (non-hydrogen) atoms. The SMILES string of the molecule is Cc1cc(C)cc(CNC(=O)N(Cc2ccccc2)CC(C)CO)c1. The van der Waals surface area contributed by atoms with E-state index < -0.39 is 0 Å². The van der Waals surface area contributed by atoms with E-state index in [0.29, 0.717) is 19.6 Å². The van der Waals surface area contributed by atoms with Gasteiger partial charge in [0.25, 0.3) is 0 Å². The third kappa shape index (κ3) is 6.24. The maximum atomic E-state index is 12.7. The third-order valence-electron chi connectivity index (χ3n) is 4.07. The van der Waals surface area contributed by atoms with Gasteiger partial charge in [-0.3, -0.25) is 0 Å². The molecule has 2 aromatic rings. The van der Waals surface area contributed by atoms with E-state index in [1.165, 1.54) is 11.1 Å². The second-order valence-corrected chi connectivity index (χ2v) is 6.81. The minimum atomic E-state index is -0.108. The molecule has 2 N–H and O–H groups in total. The number of carbonyl (C=O) groups excluding carboxylic acids is 1. The van der Waals surface area contributed by atoms with Crippen LogP contribution in [0.25, 0.3) is 0 Å². The summed E-state index contributed by atoms with van der Waals surface area (Å²) in [5.41, 5.74) is 4.56. The van der Waals surface area contributed by atoms with Crippen LogP contribution in [0.4, 0.5) is 4.79 Å². The molecule has 1 atom stereocenters. The number of aliphatic hydroxyl groups excluding tert-OH is 1. The lowest BCUT2D eigenvalue weighted by molar-refractivity contribution is 0.163. The van der Waals surface area contributed by atoms with Crippen molar-refractivity contribution in [3.8, 4) is 0 Å². The smallest absolute Gasteiger partial charge is 0.317 e. The van der Waals surface area contributed by atoms with Gasteiger partial charge < -0.3 is 15.3 Å². The highest BCUT2D eigenvalue weighted by Gasteiger charge is 2.16. The van der Waals surface area contributed by atoms with E-state index in [4.69, 9.17) is 0 Å². The second kappa shape index (κ2) is 9.23. The van der Waals surface area contributed by atoms with E-state index in [2.05, 4.69) is 37.4 Å². The number of aryl methyl sites for hydroxylation is 2. The maximum Gasteiger partial charge on any atom is 0.317 e. The molecule has 0 bridgehead atoms. The van der Waals surface area contributed by atoms with Crippen LogP contribution in [-0.2, 0) is 13.1 Å². The Labute approximate surface area is 150 Å². The molecule has 0 aliphatic carbocycles. The van der Waals surface area contributed by atoms with Gasteiger partial charge in [0.1, 0.15) is 0 Å². The molecule has 1 unspecified atom stereocenters. The molecule has 0 heterocycles. The van der Waals surface area contributed by atoms with Crippen LogP contribution in [0, 0.1) is 19.8 Å². The highest BCUT2D eigenvalue weighted by atomic mass is 16.3. The Bertz CT molecular complexity index is 665. The van der Waals surface area contributed by atoms with Gasteiger partial charge in [-0.15, -0.1) is 0 Å². The Morgan fingerprint density at radius 2 is 1.72 bits per heavy atom. The zero-order valence-electron chi connectivity index (χ0n) is 15.3. The summed E-state index contributed by atoms with van der Waals surface area (Å²) in [6.45, 7) is 7.67. The Morgan fingerprint density at radius 1 is 1.08 bits per heavy atom. The molecule has 0 saturated carbocycles. The van der Waals surface area contributed by atoms with E-state index in [1.807, 2.05) is 37.3 Å². The topological polar surface area (TPSA) is 52.6 Å². The van der Waals surface area contributed by atoms with E-state index >= 15 is 0 Å². The number of nitrogens with one attached hydrogen (secondary N) is 1. The molecule has 2 amide bonds. The molecular formula is C21H28N2O2. The van der Waals surface area contributed by atoms with E-state index in [9.17, 15) is 9.90 Å². The van der Waals surface area contributed by atoms with E-state index in [0.717, 1.165) is 11.1 Å². The summed E-state index contributed by atoms with van der Waals surface area (Å²) in [5, 5.41) is 12.4. The molecule has 4 heteroatoms. The van der Waals surface area contributed by atoms with Crippen LogP contribution in [0.3, 0.4) is 0 Å². The Balaban J connectivity index is 2.03. The monoisotopic (exact) mass is 340 g/mol. The van der Waals surface area contributed by atoms with Crippen molar-refractivity contribution in [1.82, 2.24) is 10.2 Å². The molecule has 4 nitrogen and oxygen atoms in total. The molecule has 2 aromatic carbocycles. The van der Waals surface area contributed by atoms with Gasteiger partial charge in [-0.05, 0) is 30.9 Å². The van der Waals surface area contributed by atoms with Crippen LogP contribution < -0.4 is 5.32 Å². The van der Waals surface area contributed by atoms with Crippen LogP contribution in [0.2, 0.25) is 0 Å². The summed E-state index contributed by atoms with van der Waals surface area (Å²) < 4.78 is 0. The number of benzene rings is 2. The third-order valence-corrected chi connectivity index (χ3v) is 4.07. The summed E-state index contributed by atoms with van der Waals surface area (Å²) in [5.74, 6) is 0.0377. The maximum absolute atomic E-state index is 12.7. The molecular weight excluding hydrogens is 312 g/mol. The van der Waals surface area contributed by atoms with Gasteiger partial charge in [0, 0.05) is 26.2 Å². The molecule has 134 valence electrons. The summed E-state index contributed by atoms with van der Waals surface area (Å²) in [6, 6.07) is 16.1. The number of aliphatic hydroxyl groups is 1. The second-order valence-electron chi connectivity index (χ2n) is 6.81. The number of carbonyl (C=O) groups is 1. The van der Waals surface area contributed by atoms with Crippen LogP contribution in [0.15, 0.2) is 48.5 Å². The Hall–Kier alpha value is -2.33. The fraction of sp³-hybridized carbons (Fsp3) is 0.381. The van der Waals surface area contributed by atoms with Gasteiger partial charge in [-0.1, -0.05) is 66.6 Å². The Morgan fingerprint density at radius 3 is 2.32 bits per heavy atom. The number of nitrogens with zero attached hydrogens (tertiary/aromatic N) is 1. The summed E-state index contributed by atoms with van der Waals surface area (Å²) in [6.07, 6.45) is 0. The van der Waals surface area contributed by atoms with Crippen LogP contribution in [-0.4, -0.2) is 29.2 Å². The standard InChI is InChI=1S/C21H28N2O2/c1-16-9-17(2)11-20(10-16)12-22-21(25)23(13-18(3)15-24)14-19-7-5-4-6-8-19/h4-11,18,24H,12-15H2,1-3H3,(H,22,25). The first-order valence-corrected chi connectivity index (χ1v) is 8.72. The van der Waals surface area contributed by atoms with Crippen LogP contribution in [0.1, 0.15) is 29.2 Å². The fourth-order valence-corrected chi connectivity index (χ4v) is 2.92. The first-order valence-electron chi connectivity index (χ1n) is 8.72. The predicted octanol–water partition coefficient (Wildman–Crippen LogP) is 3.64. The van der Waals surface area contributed by atoms with Gasteiger partial charge in [-0.2, -0.15) is 0 Å². The molecule has 0 aliphatic heterocycles. The fourth-order valence-electron chi connectivity index (χ4n) is 2.92. The van der Waals surface area contributed by atoms with E-state index in [1.54, 1.807) is 4.90 Å². The zero-order chi connectivity index (χ0) is 18.2. The van der Waals surface area contributed by atoms with Gasteiger partial charge in [0.15, 0.2) is 0 Å². The van der Waals surface area contributed by atoms with Crippen molar-refractivity contribution in [1.29, 1.82) is 0 Å². The van der Waals surface area contributed by atoms with Crippen molar-refractivity contribution in [3.63, 3.8) is 0 Å². The van der Waals surface area contributed by atoms with Crippen molar-refractivity contribution in [2.75, 3.05) is 13.2 Å². The zero-order valence-corrected chi connectivity index (χ0v) is 15.3. The van der Waals surface area contributed by atoms with Crippen molar-refractivity contribution in [2.45, 2.75) is 33.9 Å². The molecule has 0 saturated heterocycles.